The van der Waals surface area contributed by atoms with Crippen molar-refractivity contribution in [3.63, 3.8) is 0 Å². The van der Waals surface area contributed by atoms with Crippen molar-refractivity contribution < 1.29 is 9.59 Å². The maximum absolute atomic E-state index is 12.4. The summed E-state index contributed by atoms with van der Waals surface area (Å²) in [5, 5.41) is 8.47. The molecule has 0 aliphatic carbocycles. The number of carbonyl (C=O) groups excluding carboxylic acids is 2. The molecule has 2 aromatic carbocycles. The Balaban J connectivity index is 1.62. The van der Waals surface area contributed by atoms with Gasteiger partial charge in [-0.2, -0.15) is 0 Å². The molecule has 1 heterocycles. The Labute approximate surface area is 168 Å². The maximum atomic E-state index is 12.4. The van der Waals surface area contributed by atoms with E-state index in [2.05, 4.69) is 15.6 Å². The van der Waals surface area contributed by atoms with Crippen LogP contribution in [0.1, 0.15) is 28.6 Å². The quantitative estimate of drug-likeness (QED) is 0.658. The lowest BCUT2D eigenvalue weighted by atomic mass is 10.1. The number of rotatable bonds is 6. The highest BCUT2D eigenvalue weighted by Crippen LogP contribution is 2.23. The predicted octanol–water partition coefficient (Wildman–Crippen LogP) is 4.24. The zero-order valence-corrected chi connectivity index (χ0v) is 17.0. The van der Waals surface area contributed by atoms with E-state index in [-0.39, 0.29) is 18.2 Å². The number of hydrogen-bond acceptors (Lipinski definition) is 4. The van der Waals surface area contributed by atoms with E-state index in [9.17, 15) is 9.59 Å². The van der Waals surface area contributed by atoms with Gasteiger partial charge in [0.05, 0.1) is 12.1 Å². The second kappa shape index (κ2) is 8.80. The summed E-state index contributed by atoms with van der Waals surface area (Å²) in [5.74, 6) is -0.120. The summed E-state index contributed by atoms with van der Waals surface area (Å²) >= 11 is 1.48. The first-order valence-corrected chi connectivity index (χ1v) is 9.94. The molecule has 0 spiro atoms. The molecule has 1 aromatic heterocycles. The number of carbonyl (C=O) groups is 2. The van der Waals surface area contributed by atoms with Crippen LogP contribution in [0.15, 0.2) is 47.8 Å². The molecule has 144 valence electrons. The first kappa shape index (κ1) is 19.8. The molecule has 0 saturated heterocycles. The van der Waals surface area contributed by atoms with Gasteiger partial charge in [-0.25, -0.2) is 4.98 Å². The average molecular weight is 394 g/mol. The molecule has 0 saturated carbocycles. The van der Waals surface area contributed by atoms with Crippen molar-refractivity contribution in [2.75, 3.05) is 5.32 Å². The molecule has 0 aliphatic heterocycles. The van der Waals surface area contributed by atoms with E-state index in [0.717, 1.165) is 33.1 Å². The zero-order chi connectivity index (χ0) is 20.1. The van der Waals surface area contributed by atoms with E-state index in [1.54, 1.807) is 0 Å². The molecule has 3 rings (SSSR count). The third-order valence-electron chi connectivity index (χ3n) is 4.31. The molecule has 0 aliphatic rings. The fourth-order valence-electron chi connectivity index (χ4n) is 2.83. The number of anilines is 1. The molecule has 2 N–H and O–H groups in total. The standard InChI is InChI=1S/C22H23N3O2S/c1-14-4-9-19(15(2)10-14)24-21(27)11-22-25-20(13-28-22)18-7-5-17(6-8-18)12-23-16(3)26/h4-10,13H,11-12H2,1-3H3,(H,23,26)(H,24,27). The summed E-state index contributed by atoms with van der Waals surface area (Å²) in [7, 11) is 0. The number of nitrogens with zero attached hydrogens (tertiary/aromatic N) is 1. The number of nitrogens with one attached hydrogen (secondary N) is 2. The smallest absolute Gasteiger partial charge is 0.231 e. The van der Waals surface area contributed by atoms with Gasteiger partial charge in [0, 0.05) is 30.1 Å². The van der Waals surface area contributed by atoms with Crippen LogP contribution >= 0.6 is 11.3 Å². The number of hydrogen-bond donors (Lipinski definition) is 2. The molecule has 0 bridgehead atoms. The Morgan fingerprint density at radius 3 is 2.50 bits per heavy atom. The fraction of sp³-hybridized carbons (Fsp3) is 0.227. The number of thiazole rings is 1. The van der Waals surface area contributed by atoms with Gasteiger partial charge in [0.15, 0.2) is 0 Å². The van der Waals surface area contributed by atoms with Crippen molar-refractivity contribution in [3.05, 3.63) is 69.5 Å². The molecule has 28 heavy (non-hydrogen) atoms. The van der Waals surface area contributed by atoms with Crippen molar-refractivity contribution in [3.8, 4) is 11.3 Å². The normalized spacial score (nSPS) is 10.5. The lowest BCUT2D eigenvalue weighted by molar-refractivity contribution is -0.119. The topological polar surface area (TPSA) is 71.1 Å². The number of aromatic nitrogens is 1. The molecule has 2 amide bonds. The first-order chi connectivity index (χ1) is 13.4. The van der Waals surface area contributed by atoms with Crippen LogP contribution < -0.4 is 10.6 Å². The molecule has 0 fully saturated rings. The van der Waals surface area contributed by atoms with Crippen molar-refractivity contribution in [1.29, 1.82) is 0 Å². The maximum Gasteiger partial charge on any atom is 0.231 e. The van der Waals surface area contributed by atoms with Gasteiger partial charge in [0.25, 0.3) is 0 Å². The largest absolute Gasteiger partial charge is 0.352 e. The van der Waals surface area contributed by atoms with E-state index in [1.165, 1.54) is 23.8 Å². The highest BCUT2D eigenvalue weighted by molar-refractivity contribution is 7.10. The fourth-order valence-corrected chi connectivity index (χ4v) is 3.63. The van der Waals surface area contributed by atoms with Crippen LogP contribution in [0, 0.1) is 13.8 Å². The van der Waals surface area contributed by atoms with Crippen molar-refractivity contribution in [1.82, 2.24) is 10.3 Å². The molecule has 0 radical (unpaired) electrons. The van der Waals surface area contributed by atoms with E-state index < -0.39 is 0 Å². The third-order valence-corrected chi connectivity index (χ3v) is 5.16. The van der Waals surface area contributed by atoms with Gasteiger partial charge in [-0.3, -0.25) is 9.59 Å². The predicted molar refractivity (Wildman–Crippen MR) is 113 cm³/mol. The number of amides is 2. The van der Waals surface area contributed by atoms with E-state index in [1.807, 2.05) is 61.7 Å². The Morgan fingerprint density at radius 1 is 1.07 bits per heavy atom. The molecular weight excluding hydrogens is 370 g/mol. The monoisotopic (exact) mass is 393 g/mol. The highest BCUT2D eigenvalue weighted by atomic mass is 32.1. The Hall–Kier alpha value is -2.99. The average Bonchev–Trinajstić information content (AvgIpc) is 3.11. The van der Waals surface area contributed by atoms with Crippen LogP contribution in [0.2, 0.25) is 0 Å². The van der Waals surface area contributed by atoms with E-state index in [0.29, 0.717) is 6.54 Å². The lowest BCUT2D eigenvalue weighted by Crippen LogP contribution is -2.18. The van der Waals surface area contributed by atoms with Crippen LogP contribution in [0.4, 0.5) is 5.69 Å². The van der Waals surface area contributed by atoms with Crippen molar-refractivity contribution in [2.24, 2.45) is 0 Å². The third kappa shape index (κ3) is 5.27. The van der Waals surface area contributed by atoms with Gasteiger partial charge >= 0.3 is 0 Å². The van der Waals surface area contributed by atoms with E-state index in [4.69, 9.17) is 0 Å². The minimum atomic E-state index is -0.0708. The molecule has 3 aromatic rings. The molecular formula is C22H23N3O2S. The van der Waals surface area contributed by atoms with Crippen molar-refractivity contribution in [2.45, 2.75) is 33.7 Å². The van der Waals surface area contributed by atoms with Crippen LogP contribution in [0.5, 0.6) is 0 Å². The van der Waals surface area contributed by atoms with Crippen LogP contribution in [-0.4, -0.2) is 16.8 Å². The summed E-state index contributed by atoms with van der Waals surface area (Å²) in [6, 6.07) is 13.9. The molecule has 6 heteroatoms. The Bertz CT molecular complexity index is 993. The second-order valence-electron chi connectivity index (χ2n) is 6.78. The van der Waals surface area contributed by atoms with E-state index >= 15 is 0 Å². The first-order valence-electron chi connectivity index (χ1n) is 9.06. The molecule has 5 nitrogen and oxygen atoms in total. The minimum Gasteiger partial charge on any atom is -0.352 e. The van der Waals surface area contributed by atoms with Gasteiger partial charge in [-0.05, 0) is 31.0 Å². The molecule has 0 unspecified atom stereocenters. The van der Waals surface area contributed by atoms with Crippen LogP contribution in [0.25, 0.3) is 11.3 Å². The zero-order valence-electron chi connectivity index (χ0n) is 16.2. The summed E-state index contributed by atoms with van der Waals surface area (Å²) in [5.41, 5.74) is 5.93. The summed E-state index contributed by atoms with van der Waals surface area (Å²) < 4.78 is 0. The Morgan fingerprint density at radius 2 is 1.82 bits per heavy atom. The SMILES string of the molecule is CC(=O)NCc1ccc(-c2csc(CC(=O)Nc3ccc(C)cc3C)n2)cc1. The summed E-state index contributed by atoms with van der Waals surface area (Å²) in [6.07, 6.45) is 0.249. The van der Waals surface area contributed by atoms with Crippen LogP contribution in [-0.2, 0) is 22.6 Å². The van der Waals surface area contributed by atoms with Crippen molar-refractivity contribution >= 4 is 28.8 Å². The van der Waals surface area contributed by atoms with Gasteiger partial charge < -0.3 is 10.6 Å². The number of benzene rings is 2. The van der Waals surface area contributed by atoms with Gasteiger partial charge in [0.2, 0.25) is 11.8 Å². The number of aryl methyl sites for hydroxylation is 2. The van der Waals surface area contributed by atoms with Gasteiger partial charge in [0.1, 0.15) is 5.01 Å². The van der Waals surface area contributed by atoms with Crippen LogP contribution in [0.3, 0.4) is 0 Å². The van der Waals surface area contributed by atoms with Gasteiger partial charge in [-0.1, -0.05) is 42.0 Å². The molecule has 0 atom stereocenters. The lowest BCUT2D eigenvalue weighted by Gasteiger charge is -2.08. The minimum absolute atomic E-state index is 0.0488. The van der Waals surface area contributed by atoms with Gasteiger partial charge in [-0.15, -0.1) is 11.3 Å². The second-order valence-corrected chi connectivity index (χ2v) is 7.72. The summed E-state index contributed by atoms with van der Waals surface area (Å²) in [6.45, 7) is 6.03. The summed E-state index contributed by atoms with van der Waals surface area (Å²) in [4.78, 5) is 27.9. The highest BCUT2D eigenvalue weighted by Gasteiger charge is 2.11. The Kier molecular flexibility index (Phi) is 6.21.